The predicted molar refractivity (Wildman–Crippen MR) is 285 cm³/mol. The monoisotopic (exact) mass is 1090 g/mol. The number of aliphatic hydroxyl groups is 2. The number of sulfone groups is 1. The van der Waals surface area contributed by atoms with Crippen molar-refractivity contribution in [2.45, 2.75) is 180 Å². The largest absolute Gasteiger partial charge is 1.00 e. The molecular weight excluding hydrogens is 1010 g/mol. The van der Waals surface area contributed by atoms with E-state index in [4.69, 9.17) is 0 Å². The van der Waals surface area contributed by atoms with Gasteiger partial charge in [-0.1, -0.05) is 125 Å². The number of allylic oxidation sites excluding steroid dienone is 2. The molecule has 0 aliphatic heterocycles. The summed E-state index contributed by atoms with van der Waals surface area (Å²) in [7, 11) is -3.24. The van der Waals surface area contributed by atoms with Crippen LogP contribution in [0.15, 0.2) is 93.8 Å². The van der Waals surface area contributed by atoms with Gasteiger partial charge in [-0.05, 0) is 234 Å². The molecule has 0 spiro atoms. The maximum atomic E-state index is 13.1. The van der Waals surface area contributed by atoms with Crippen molar-refractivity contribution in [3.05, 3.63) is 84.0 Å². The van der Waals surface area contributed by atoms with Crippen LogP contribution in [0.1, 0.15) is 159 Å². The van der Waals surface area contributed by atoms with Crippen molar-refractivity contribution in [1.29, 1.82) is 0 Å². The molecule has 2 N–H and O–H groups in total. The Balaban J connectivity index is 0.000000212. The number of halogens is 1. The van der Waals surface area contributed by atoms with Gasteiger partial charge in [0.25, 0.3) is 0 Å². The van der Waals surface area contributed by atoms with Crippen molar-refractivity contribution < 1.29 is 56.9 Å². The first-order valence-corrected chi connectivity index (χ1v) is 29.8. The third-order valence-electron chi connectivity index (χ3n) is 19.7. The van der Waals surface area contributed by atoms with Gasteiger partial charge in [0.2, 0.25) is 0 Å². The molecule has 0 aromatic heterocycles. The fourth-order valence-corrected chi connectivity index (χ4v) is 19.4. The molecule has 17 atom stereocenters. The Kier molecular flexibility index (Phi) is 20.2. The van der Waals surface area contributed by atoms with Crippen LogP contribution in [0.25, 0.3) is 0 Å². The first kappa shape index (κ1) is 58.5. The van der Waals surface area contributed by atoms with Crippen LogP contribution in [0.2, 0.25) is 0 Å². The standard InChI is InChI=1S/C28H40O3S.C22H35IO.C6H6O2S.2CH4.Na/c1-19(18-32(30,31)21-7-5-4-6-8-21)25-11-12-26-24-10-9-20-17-27(2,29)15-13-22(20)23(24)14-16-28(25,26)3;1-14(13-23)19-6-7-20-18-5-4-15-12-21(2,24)10-8-16(15)17(18)9-11-22(19,20)3;7-9(8)6-4-2-1-3-5-6;;;/h4-9,19,22-26,29H,10-18H2,1-3H3;4,14,16-20,24H,5-13H2,1-3H3;1-5H,(H,7,8);2*1H4;/q;;;;;+1/p-1/t19-,22+,23-,24-,25-,26+,27+,28-;14-,16+,17-,18-,19-,20+,21+,22-;;;;/m11..../s1. The molecule has 376 valence electrons. The second kappa shape index (κ2) is 23.4. The van der Waals surface area contributed by atoms with Gasteiger partial charge >= 0.3 is 29.6 Å². The van der Waals surface area contributed by atoms with Crippen LogP contribution in [0.3, 0.4) is 0 Å². The van der Waals surface area contributed by atoms with Crippen molar-refractivity contribution in [1.82, 2.24) is 0 Å². The van der Waals surface area contributed by atoms with Gasteiger partial charge in [0.1, 0.15) is 0 Å². The van der Waals surface area contributed by atoms with Crippen molar-refractivity contribution in [2.24, 2.45) is 81.8 Å². The number of alkyl halides is 1. The molecule has 8 aliphatic carbocycles. The first-order chi connectivity index (χ1) is 30.8. The van der Waals surface area contributed by atoms with Gasteiger partial charge in [0.05, 0.1) is 21.9 Å². The summed E-state index contributed by atoms with van der Waals surface area (Å²) in [6, 6.07) is 17.2. The van der Waals surface area contributed by atoms with Gasteiger partial charge in [-0.3, -0.25) is 4.21 Å². The number of fused-ring (bicyclic) bond motifs is 10. The summed E-state index contributed by atoms with van der Waals surface area (Å²) in [5.41, 5.74) is 3.06. The Labute approximate surface area is 452 Å². The summed E-state index contributed by atoms with van der Waals surface area (Å²) in [6.45, 7) is 13.9. The van der Waals surface area contributed by atoms with E-state index in [1.165, 1.54) is 74.2 Å². The van der Waals surface area contributed by atoms with E-state index in [1.807, 2.05) is 32.0 Å². The Morgan fingerprint density at radius 1 is 0.647 bits per heavy atom. The minimum atomic E-state index is -3.24. The van der Waals surface area contributed by atoms with Crippen LogP contribution < -0.4 is 29.6 Å². The average Bonchev–Trinajstić information content (AvgIpc) is 3.83. The van der Waals surface area contributed by atoms with Crippen molar-refractivity contribution >= 4 is 43.5 Å². The number of rotatable bonds is 7. The zero-order chi connectivity index (χ0) is 46.5. The number of hydrogen-bond acceptors (Lipinski definition) is 6. The Bertz CT molecular complexity index is 2160. The summed E-state index contributed by atoms with van der Waals surface area (Å²) < 4.78 is 47.9. The third-order valence-corrected chi connectivity index (χ3v) is 23.7. The van der Waals surface area contributed by atoms with E-state index in [0.717, 1.165) is 85.9 Å². The van der Waals surface area contributed by atoms with Crippen LogP contribution in [0.4, 0.5) is 0 Å². The SMILES string of the molecule is C.C.C[C@H](CI)[C@H]1CC[C@H]2[C@@H]3CC=C4C[C@@](C)(O)CC[C@@H]4[C@H]3CC[C@]12C.C[C@H](CS(=O)(=O)c1ccccc1)[C@H]1CC[C@H]2[C@@H]3CC=C4C[C@@](C)(O)CC[C@@H]4[C@H]3CC[C@]12C.O=S([O-])c1ccccc1.[Na+]. The zero-order valence-corrected chi connectivity index (χ0v) is 47.1. The molecule has 6 fully saturated rings. The van der Waals surface area contributed by atoms with Gasteiger partial charge in [-0.2, -0.15) is 0 Å². The van der Waals surface area contributed by atoms with E-state index in [1.54, 1.807) is 48.0 Å². The van der Waals surface area contributed by atoms with Crippen molar-refractivity contribution in [3.63, 3.8) is 0 Å². The molecule has 0 saturated heterocycles. The van der Waals surface area contributed by atoms with Crippen molar-refractivity contribution in [3.8, 4) is 0 Å². The molecule has 0 radical (unpaired) electrons. The minimum Gasteiger partial charge on any atom is -0.768 e. The van der Waals surface area contributed by atoms with Crippen LogP contribution >= 0.6 is 22.6 Å². The third kappa shape index (κ3) is 12.1. The average molecular weight is 1100 g/mol. The van der Waals surface area contributed by atoms with Crippen LogP contribution in [-0.4, -0.2) is 48.8 Å². The van der Waals surface area contributed by atoms with Gasteiger partial charge in [0, 0.05) is 9.32 Å². The number of benzene rings is 2. The van der Waals surface area contributed by atoms with E-state index in [2.05, 4.69) is 62.4 Å². The van der Waals surface area contributed by atoms with Gasteiger partial charge < -0.3 is 14.8 Å². The summed E-state index contributed by atoms with van der Waals surface area (Å²) in [6.07, 6.45) is 24.4. The number of hydrogen-bond donors (Lipinski definition) is 2. The molecule has 0 bridgehead atoms. The van der Waals surface area contributed by atoms with E-state index in [-0.39, 0.29) is 61.5 Å². The predicted octanol–water partition coefficient (Wildman–Crippen LogP) is 11.2. The van der Waals surface area contributed by atoms with E-state index in [9.17, 15) is 27.4 Å². The van der Waals surface area contributed by atoms with Crippen LogP contribution in [0.5, 0.6) is 0 Å². The molecule has 8 aliphatic rings. The summed E-state index contributed by atoms with van der Waals surface area (Å²) in [5.74, 6) is 9.31. The van der Waals surface area contributed by atoms with E-state index < -0.39 is 32.1 Å². The molecular formula is C58H88INaO6S2. The molecule has 0 heterocycles. The molecule has 2 aromatic carbocycles. The summed E-state index contributed by atoms with van der Waals surface area (Å²) in [5, 5.41) is 21.1. The maximum absolute atomic E-state index is 13.1. The molecule has 10 heteroatoms. The first-order valence-electron chi connectivity index (χ1n) is 25.6. The quantitative estimate of drug-likeness (QED) is 0.0939. The molecule has 68 heavy (non-hydrogen) atoms. The summed E-state index contributed by atoms with van der Waals surface area (Å²) >= 11 is 0.526. The second-order valence-corrected chi connectivity index (χ2v) is 27.6. The fraction of sp³-hybridized carbons (Fsp3) is 0.724. The normalized spacial score (nSPS) is 40.0. The minimum absolute atomic E-state index is 0. The molecule has 2 aromatic rings. The topological polar surface area (TPSA) is 115 Å². The Morgan fingerprint density at radius 3 is 1.49 bits per heavy atom. The Morgan fingerprint density at radius 2 is 1.07 bits per heavy atom. The zero-order valence-electron chi connectivity index (χ0n) is 41.3. The van der Waals surface area contributed by atoms with Crippen LogP contribution in [0, 0.1) is 81.8 Å². The van der Waals surface area contributed by atoms with Crippen LogP contribution in [-0.2, 0) is 20.9 Å². The van der Waals surface area contributed by atoms with Gasteiger partial charge in [-0.25, -0.2) is 8.42 Å². The summed E-state index contributed by atoms with van der Waals surface area (Å²) in [4.78, 5) is 0.797. The molecule has 1 unspecified atom stereocenters. The maximum Gasteiger partial charge on any atom is 1.00 e. The van der Waals surface area contributed by atoms with E-state index in [0.29, 0.717) is 33.0 Å². The van der Waals surface area contributed by atoms with Gasteiger partial charge in [0.15, 0.2) is 9.84 Å². The molecule has 6 nitrogen and oxygen atoms in total. The van der Waals surface area contributed by atoms with E-state index >= 15 is 0 Å². The second-order valence-electron chi connectivity index (χ2n) is 23.7. The molecule has 0 amide bonds. The Hall–Kier alpha value is -0.370. The van der Waals surface area contributed by atoms with Gasteiger partial charge in [-0.15, -0.1) is 0 Å². The molecule has 10 rings (SSSR count). The fourth-order valence-electron chi connectivity index (χ4n) is 16.7. The molecule has 6 saturated carbocycles. The van der Waals surface area contributed by atoms with Crippen molar-refractivity contribution in [2.75, 3.05) is 10.2 Å². The smallest absolute Gasteiger partial charge is 0.768 e.